The van der Waals surface area contributed by atoms with E-state index in [2.05, 4.69) is 21.2 Å². The van der Waals surface area contributed by atoms with Crippen LogP contribution in [0.25, 0.3) is 0 Å². The van der Waals surface area contributed by atoms with E-state index < -0.39 is 6.04 Å². The Morgan fingerprint density at radius 1 is 1.04 bits per heavy atom. The second kappa shape index (κ2) is 11.0. The monoisotopic (exact) mass is 444 g/mol. The molecule has 0 unspecified atom stereocenters. The molecule has 150 valence electrons. The van der Waals surface area contributed by atoms with Gasteiger partial charge in [-0.1, -0.05) is 65.3 Å². The van der Waals surface area contributed by atoms with Crippen LogP contribution in [0.5, 0.6) is 0 Å². The fourth-order valence-corrected chi connectivity index (χ4v) is 3.37. The van der Waals surface area contributed by atoms with E-state index in [0.29, 0.717) is 19.4 Å². The van der Waals surface area contributed by atoms with Crippen LogP contribution in [-0.4, -0.2) is 28.8 Å². The number of nitrogens with zero attached hydrogens (tertiary/aromatic N) is 1. The van der Waals surface area contributed by atoms with Crippen molar-refractivity contribution >= 4 is 27.7 Å². The van der Waals surface area contributed by atoms with Crippen molar-refractivity contribution in [3.05, 3.63) is 70.2 Å². The maximum Gasteiger partial charge on any atom is 0.242 e. The smallest absolute Gasteiger partial charge is 0.242 e. The molecule has 2 aromatic rings. The highest BCUT2D eigenvalue weighted by molar-refractivity contribution is 9.10. The number of nitrogens with one attached hydrogen (secondary N) is 1. The van der Waals surface area contributed by atoms with E-state index in [1.165, 1.54) is 0 Å². The van der Waals surface area contributed by atoms with Crippen molar-refractivity contribution in [3.8, 4) is 0 Å². The zero-order valence-electron chi connectivity index (χ0n) is 16.8. The molecule has 2 amide bonds. The fourth-order valence-electron chi connectivity index (χ4n) is 2.92. The van der Waals surface area contributed by atoms with Crippen molar-refractivity contribution < 1.29 is 9.59 Å². The average molecular weight is 445 g/mol. The predicted molar refractivity (Wildman–Crippen MR) is 117 cm³/mol. The lowest BCUT2D eigenvalue weighted by Crippen LogP contribution is -2.49. The molecular weight excluding hydrogens is 416 g/mol. The van der Waals surface area contributed by atoms with E-state index in [4.69, 9.17) is 0 Å². The van der Waals surface area contributed by atoms with Gasteiger partial charge in [0.05, 0.1) is 0 Å². The van der Waals surface area contributed by atoms with Gasteiger partial charge in [-0.05, 0) is 49.9 Å². The minimum atomic E-state index is -0.531. The quantitative estimate of drug-likeness (QED) is 0.608. The van der Waals surface area contributed by atoms with Crippen molar-refractivity contribution in [3.63, 3.8) is 0 Å². The molecule has 1 N–H and O–H groups in total. The summed E-state index contributed by atoms with van der Waals surface area (Å²) < 4.78 is 0.957. The van der Waals surface area contributed by atoms with Crippen molar-refractivity contribution in [2.75, 3.05) is 0 Å². The van der Waals surface area contributed by atoms with Crippen molar-refractivity contribution in [2.24, 2.45) is 0 Å². The highest BCUT2D eigenvalue weighted by Crippen LogP contribution is 2.17. The zero-order chi connectivity index (χ0) is 20.5. The summed E-state index contributed by atoms with van der Waals surface area (Å²) in [6, 6.07) is 17.3. The number of carbonyl (C=O) groups excluding carboxylic acids is 2. The second-order valence-corrected chi connectivity index (χ2v) is 8.05. The second-order valence-electron chi connectivity index (χ2n) is 7.13. The number of hydrogen-bond donors (Lipinski definition) is 1. The van der Waals surface area contributed by atoms with Gasteiger partial charge in [-0.15, -0.1) is 0 Å². The first kappa shape index (κ1) is 22.2. The van der Waals surface area contributed by atoms with Crippen LogP contribution in [0.4, 0.5) is 0 Å². The van der Waals surface area contributed by atoms with Gasteiger partial charge < -0.3 is 10.2 Å². The molecule has 0 saturated carbocycles. The van der Waals surface area contributed by atoms with Crippen LogP contribution in [0.2, 0.25) is 0 Å². The SMILES string of the molecule is CC[C@H](C)NC(=O)[C@@H](C)N(Cc1cccc(Br)c1)C(=O)CCc1ccccc1. The molecule has 0 aromatic heterocycles. The first-order valence-electron chi connectivity index (χ1n) is 9.79. The van der Waals surface area contributed by atoms with Crippen LogP contribution in [0.1, 0.15) is 44.7 Å². The molecule has 2 atom stereocenters. The number of halogens is 1. The molecule has 28 heavy (non-hydrogen) atoms. The topological polar surface area (TPSA) is 49.4 Å². The van der Waals surface area contributed by atoms with E-state index in [1.807, 2.05) is 68.4 Å². The van der Waals surface area contributed by atoms with Crippen LogP contribution in [0, 0.1) is 0 Å². The summed E-state index contributed by atoms with van der Waals surface area (Å²) in [6.07, 6.45) is 1.89. The average Bonchev–Trinajstić information content (AvgIpc) is 2.70. The maximum absolute atomic E-state index is 13.0. The summed E-state index contributed by atoms with van der Waals surface area (Å²) in [4.78, 5) is 27.4. The minimum Gasteiger partial charge on any atom is -0.352 e. The molecule has 2 rings (SSSR count). The Hall–Kier alpha value is -2.14. The highest BCUT2D eigenvalue weighted by Gasteiger charge is 2.26. The van der Waals surface area contributed by atoms with E-state index in [9.17, 15) is 9.59 Å². The van der Waals surface area contributed by atoms with Gasteiger partial charge >= 0.3 is 0 Å². The molecule has 0 spiro atoms. The van der Waals surface area contributed by atoms with E-state index >= 15 is 0 Å². The normalized spacial score (nSPS) is 12.9. The number of aryl methyl sites for hydroxylation is 1. The summed E-state index contributed by atoms with van der Waals surface area (Å²) in [5.41, 5.74) is 2.11. The lowest BCUT2D eigenvalue weighted by molar-refractivity contribution is -0.140. The van der Waals surface area contributed by atoms with Crippen LogP contribution >= 0.6 is 15.9 Å². The summed E-state index contributed by atoms with van der Waals surface area (Å²) in [5, 5.41) is 2.99. The van der Waals surface area contributed by atoms with Crippen molar-refractivity contribution in [2.45, 2.75) is 58.7 Å². The predicted octanol–water partition coefficient (Wildman–Crippen LogP) is 4.71. The van der Waals surface area contributed by atoms with Crippen LogP contribution in [0.3, 0.4) is 0 Å². The van der Waals surface area contributed by atoms with Crippen LogP contribution in [-0.2, 0) is 22.6 Å². The third-order valence-corrected chi connectivity index (χ3v) is 5.37. The number of amides is 2. The van der Waals surface area contributed by atoms with Gasteiger partial charge in [0.15, 0.2) is 0 Å². The molecule has 0 bridgehead atoms. The van der Waals surface area contributed by atoms with Gasteiger partial charge in [0, 0.05) is 23.5 Å². The van der Waals surface area contributed by atoms with Gasteiger partial charge in [-0.3, -0.25) is 9.59 Å². The van der Waals surface area contributed by atoms with Crippen molar-refractivity contribution in [1.29, 1.82) is 0 Å². The summed E-state index contributed by atoms with van der Waals surface area (Å²) in [6.45, 7) is 6.21. The Morgan fingerprint density at radius 3 is 2.36 bits per heavy atom. The Labute approximate surface area is 176 Å². The number of rotatable bonds is 9. The summed E-state index contributed by atoms with van der Waals surface area (Å²) in [7, 11) is 0. The van der Waals surface area contributed by atoms with E-state index in [0.717, 1.165) is 22.0 Å². The molecule has 2 aromatic carbocycles. The van der Waals surface area contributed by atoms with E-state index in [1.54, 1.807) is 11.8 Å². The molecule has 0 saturated heterocycles. The van der Waals surface area contributed by atoms with Gasteiger partial charge in [0.25, 0.3) is 0 Å². The number of hydrogen-bond acceptors (Lipinski definition) is 2. The van der Waals surface area contributed by atoms with Crippen LogP contribution in [0.15, 0.2) is 59.1 Å². The van der Waals surface area contributed by atoms with Crippen molar-refractivity contribution in [1.82, 2.24) is 10.2 Å². The Bertz CT molecular complexity index is 779. The third-order valence-electron chi connectivity index (χ3n) is 4.88. The molecule has 0 aliphatic carbocycles. The molecule has 0 aliphatic rings. The first-order valence-corrected chi connectivity index (χ1v) is 10.6. The maximum atomic E-state index is 13.0. The zero-order valence-corrected chi connectivity index (χ0v) is 18.4. The number of benzene rings is 2. The summed E-state index contributed by atoms with van der Waals surface area (Å²) in [5.74, 6) is -0.131. The molecule has 0 radical (unpaired) electrons. The summed E-state index contributed by atoms with van der Waals surface area (Å²) >= 11 is 3.48. The fraction of sp³-hybridized carbons (Fsp3) is 0.391. The van der Waals surface area contributed by atoms with Gasteiger partial charge in [0.1, 0.15) is 6.04 Å². The molecule has 4 nitrogen and oxygen atoms in total. The molecule has 0 aliphatic heterocycles. The molecular formula is C23H29BrN2O2. The molecule has 5 heteroatoms. The van der Waals surface area contributed by atoms with Gasteiger partial charge in [0.2, 0.25) is 11.8 Å². The van der Waals surface area contributed by atoms with E-state index in [-0.39, 0.29) is 17.9 Å². The van der Waals surface area contributed by atoms with Gasteiger partial charge in [-0.25, -0.2) is 0 Å². The largest absolute Gasteiger partial charge is 0.352 e. The Morgan fingerprint density at radius 2 is 1.71 bits per heavy atom. The Kier molecular flexibility index (Phi) is 8.71. The standard InChI is InChI=1S/C23H29BrN2O2/c1-4-17(2)25-23(28)18(3)26(16-20-11-8-12-21(24)15-20)22(27)14-13-19-9-6-5-7-10-19/h5-12,15,17-18H,4,13-14,16H2,1-3H3,(H,25,28)/t17-,18+/m0/s1. The van der Waals surface area contributed by atoms with Crippen LogP contribution < -0.4 is 5.32 Å². The molecule has 0 fully saturated rings. The Balaban J connectivity index is 2.14. The molecule has 0 heterocycles. The lowest BCUT2D eigenvalue weighted by Gasteiger charge is -2.30. The minimum absolute atomic E-state index is 0.0179. The van der Waals surface area contributed by atoms with Gasteiger partial charge in [-0.2, -0.15) is 0 Å². The lowest BCUT2D eigenvalue weighted by atomic mass is 10.1. The first-order chi connectivity index (χ1) is 13.4. The number of carbonyl (C=O) groups is 2. The third kappa shape index (κ3) is 6.79. The highest BCUT2D eigenvalue weighted by atomic mass is 79.9.